The van der Waals surface area contributed by atoms with Gasteiger partial charge in [0.05, 0.1) is 4.92 Å². The fraction of sp³-hybridized carbons (Fsp3) is 0.385. The molecule has 0 radical (unpaired) electrons. The molecule has 2 N–H and O–H groups in total. The van der Waals surface area contributed by atoms with E-state index in [1.165, 1.54) is 24.3 Å². The maximum Gasteiger partial charge on any atom is 0.270 e. The van der Waals surface area contributed by atoms with E-state index in [-0.39, 0.29) is 17.2 Å². The molecule has 108 valence electrons. The number of hydrogen-bond acceptors (Lipinski definition) is 4. The van der Waals surface area contributed by atoms with Crippen LogP contribution in [0.15, 0.2) is 24.3 Å². The van der Waals surface area contributed by atoms with Crippen LogP contribution in [0.3, 0.4) is 0 Å². The Morgan fingerprint density at radius 2 is 2.10 bits per heavy atom. The van der Waals surface area contributed by atoms with Crippen molar-refractivity contribution in [1.29, 1.82) is 0 Å². The van der Waals surface area contributed by atoms with Gasteiger partial charge in [0.25, 0.3) is 11.6 Å². The van der Waals surface area contributed by atoms with Gasteiger partial charge in [0.2, 0.25) is 5.91 Å². The van der Waals surface area contributed by atoms with Crippen LogP contribution in [0, 0.1) is 10.1 Å². The summed E-state index contributed by atoms with van der Waals surface area (Å²) in [7, 11) is 0. The number of rotatable bonds is 6. The molecule has 0 aliphatic heterocycles. The molecule has 7 nitrogen and oxygen atoms in total. The van der Waals surface area contributed by atoms with Gasteiger partial charge >= 0.3 is 0 Å². The zero-order valence-corrected chi connectivity index (χ0v) is 11.4. The largest absolute Gasteiger partial charge is 0.354 e. The van der Waals surface area contributed by atoms with Crippen LogP contribution in [-0.4, -0.2) is 29.3 Å². The maximum atomic E-state index is 11.9. The quantitative estimate of drug-likeness (QED) is 0.604. The number of carbonyl (C=O) groups is 2. The van der Waals surface area contributed by atoms with Crippen LogP contribution < -0.4 is 10.6 Å². The maximum absolute atomic E-state index is 11.9. The van der Waals surface area contributed by atoms with Gasteiger partial charge in [-0.3, -0.25) is 19.7 Å². The van der Waals surface area contributed by atoms with Gasteiger partial charge in [0.15, 0.2) is 0 Å². The first kappa shape index (κ1) is 15.6. The third kappa shape index (κ3) is 4.34. The fourth-order valence-electron chi connectivity index (χ4n) is 1.51. The summed E-state index contributed by atoms with van der Waals surface area (Å²) in [6.45, 7) is 4.02. The van der Waals surface area contributed by atoms with E-state index in [0.717, 1.165) is 6.42 Å². The van der Waals surface area contributed by atoms with E-state index in [4.69, 9.17) is 0 Å². The highest BCUT2D eigenvalue weighted by Crippen LogP contribution is 2.12. The summed E-state index contributed by atoms with van der Waals surface area (Å²) < 4.78 is 0. The normalized spacial score (nSPS) is 11.5. The zero-order chi connectivity index (χ0) is 15.1. The second-order valence-electron chi connectivity index (χ2n) is 4.29. The van der Waals surface area contributed by atoms with Crippen LogP contribution in [0.4, 0.5) is 5.69 Å². The molecule has 1 rings (SSSR count). The predicted octanol–water partition coefficient (Wildman–Crippen LogP) is 1.24. The van der Waals surface area contributed by atoms with E-state index in [1.54, 1.807) is 6.92 Å². The summed E-state index contributed by atoms with van der Waals surface area (Å²) >= 11 is 0. The molecule has 0 saturated carbocycles. The van der Waals surface area contributed by atoms with Gasteiger partial charge in [0.1, 0.15) is 6.04 Å². The molecule has 0 heterocycles. The third-order valence-electron chi connectivity index (χ3n) is 2.61. The van der Waals surface area contributed by atoms with Crippen molar-refractivity contribution in [1.82, 2.24) is 10.6 Å². The Morgan fingerprint density at radius 1 is 1.40 bits per heavy atom. The standard InChI is InChI=1S/C13H17N3O4/c1-3-7-14-12(17)9(2)15-13(18)10-5-4-6-11(8-10)16(19)20/h4-6,8-9H,3,7H2,1-2H3,(H,14,17)(H,15,18)/t9-/m1/s1. The van der Waals surface area contributed by atoms with Gasteiger partial charge in [-0.25, -0.2) is 0 Å². The van der Waals surface area contributed by atoms with Crippen LogP contribution >= 0.6 is 0 Å². The zero-order valence-electron chi connectivity index (χ0n) is 11.4. The minimum Gasteiger partial charge on any atom is -0.354 e. The Labute approximate surface area is 116 Å². The number of nitrogens with zero attached hydrogens (tertiary/aromatic N) is 1. The second-order valence-corrected chi connectivity index (χ2v) is 4.29. The molecular formula is C13H17N3O4. The number of benzene rings is 1. The van der Waals surface area contributed by atoms with Gasteiger partial charge in [0, 0.05) is 24.2 Å². The lowest BCUT2D eigenvalue weighted by molar-refractivity contribution is -0.384. The van der Waals surface area contributed by atoms with Gasteiger partial charge in [-0.1, -0.05) is 13.0 Å². The Morgan fingerprint density at radius 3 is 2.70 bits per heavy atom. The van der Waals surface area contributed by atoms with Gasteiger partial charge in [-0.15, -0.1) is 0 Å². The first-order valence-corrected chi connectivity index (χ1v) is 6.28. The Bertz CT molecular complexity index is 516. The average molecular weight is 279 g/mol. The van der Waals surface area contributed by atoms with Crippen LogP contribution in [0.25, 0.3) is 0 Å². The van der Waals surface area contributed by atoms with Gasteiger partial charge in [-0.05, 0) is 19.4 Å². The summed E-state index contributed by atoms with van der Waals surface area (Å²) in [5.41, 5.74) is -0.0184. The lowest BCUT2D eigenvalue weighted by Crippen LogP contribution is -2.45. The molecular weight excluding hydrogens is 262 g/mol. The SMILES string of the molecule is CCCNC(=O)[C@@H](C)NC(=O)c1cccc([N+](=O)[O-])c1. The van der Waals surface area contributed by atoms with Crippen molar-refractivity contribution in [3.05, 3.63) is 39.9 Å². The number of nitro groups is 1. The highest BCUT2D eigenvalue weighted by molar-refractivity contribution is 5.97. The number of amides is 2. The van der Waals surface area contributed by atoms with Crippen LogP contribution in [0.5, 0.6) is 0 Å². The van der Waals surface area contributed by atoms with Gasteiger partial charge < -0.3 is 10.6 Å². The van der Waals surface area contributed by atoms with Crippen LogP contribution in [0.1, 0.15) is 30.6 Å². The first-order valence-electron chi connectivity index (χ1n) is 6.28. The Kier molecular flexibility index (Phi) is 5.64. The molecule has 0 saturated heterocycles. The van der Waals surface area contributed by atoms with Crippen molar-refractivity contribution in [3.8, 4) is 0 Å². The summed E-state index contributed by atoms with van der Waals surface area (Å²) in [4.78, 5) is 33.6. The van der Waals surface area contributed by atoms with E-state index < -0.39 is 16.9 Å². The van der Waals surface area contributed by atoms with Crippen LogP contribution in [-0.2, 0) is 4.79 Å². The van der Waals surface area contributed by atoms with E-state index in [1.807, 2.05) is 6.92 Å². The third-order valence-corrected chi connectivity index (χ3v) is 2.61. The number of carbonyl (C=O) groups excluding carboxylic acids is 2. The van der Waals surface area contributed by atoms with E-state index in [2.05, 4.69) is 10.6 Å². The molecule has 1 atom stereocenters. The smallest absolute Gasteiger partial charge is 0.270 e. The predicted molar refractivity (Wildman–Crippen MR) is 73.3 cm³/mol. The molecule has 0 unspecified atom stereocenters. The molecule has 0 fully saturated rings. The minimum atomic E-state index is -0.701. The molecule has 0 aromatic heterocycles. The number of nitrogens with one attached hydrogen (secondary N) is 2. The first-order chi connectivity index (χ1) is 9.45. The minimum absolute atomic E-state index is 0.148. The van der Waals surface area contributed by atoms with Gasteiger partial charge in [-0.2, -0.15) is 0 Å². The second kappa shape index (κ2) is 7.22. The number of nitro benzene ring substituents is 1. The Hall–Kier alpha value is -2.44. The molecule has 0 spiro atoms. The lowest BCUT2D eigenvalue weighted by atomic mass is 10.1. The Balaban J connectivity index is 2.69. The monoisotopic (exact) mass is 279 g/mol. The van der Waals surface area contributed by atoms with Crippen LogP contribution in [0.2, 0.25) is 0 Å². The summed E-state index contributed by atoms with van der Waals surface area (Å²) in [6.07, 6.45) is 0.803. The van der Waals surface area contributed by atoms with E-state index >= 15 is 0 Å². The summed E-state index contributed by atoms with van der Waals surface area (Å²) in [6, 6.07) is 4.65. The molecule has 0 aliphatic carbocycles. The van der Waals surface area contributed by atoms with Crippen molar-refractivity contribution < 1.29 is 14.5 Å². The van der Waals surface area contributed by atoms with Crippen molar-refractivity contribution in [2.24, 2.45) is 0 Å². The topological polar surface area (TPSA) is 101 Å². The highest BCUT2D eigenvalue weighted by atomic mass is 16.6. The molecule has 0 bridgehead atoms. The van der Waals surface area contributed by atoms with E-state index in [9.17, 15) is 19.7 Å². The van der Waals surface area contributed by atoms with Crippen molar-refractivity contribution in [3.63, 3.8) is 0 Å². The number of non-ortho nitro benzene ring substituents is 1. The molecule has 2 amide bonds. The molecule has 20 heavy (non-hydrogen) atoms. The van der Waals surface area contributed by atoms with E-state index in [0.29, 0.717) is 6.54 Å². The lowest BCUT2D eigenvalue weighted by Gasteiger charge is -2.13. The molecule has 1 aromatic rings. The number of hydrogen-bond donors (Lipinski definition) is 2. The van der Waals surface area contributed by atoms with Crippen molar-refractivity contribution >= 4 is 17.5 Å². The average Bonchev–Trinajstić information content (AvgIpc) is 2.44. The highest BCUT2D eigenvalue weighted by Gasteiger charge is 2.17. The van der Waals surface area contributed by atoms with Crippen molar-refractivity contribution in [2.45, 2.75) is 26.3 Å². The fourth-order valence-corrected chi connectivity index (χ4v) is 1.51. The summed E-state index contributed by atoms with van der Waals surface area (Å²) in [5.74, 6) is -0.807. The molecule has 0 aliphatic rings. The van der Waals surface area contributed by atoms with Crippen molar-refractivity contribution in [2.75, 3.05) is 6.54 Å². The molecule has 1 aromatic carbocycles. The molecule has 7 heteroatoms. The summed E-state index contributed by atoms with van der Waals surface area (Å²) in [5, 5.41) is 15.8.